The second-order valence-corrected chi connectivity index (χ2v) is 6.76. The van der Waals surface area contributed by atoms with E-state index < -0.39 is 0 Å². The lowest BCUT2D eigenvalue weighted by molar-refractivity contribution is 0.120. The lowest BCUT2D eigenvalue weighted by Crippen LogP contribution is -2.04. The van der Waals surface area contributed by atoms with Gasteiger partial charge in [-0.2, -0.15) is 0 Å². The van der Waals surface area contributed by atoms with Crippen LogP contribution in [0.1, 0.15) is 36.5 Å². The molecule has 0 saturated carbocycles. The van der Waals surface area contributed by atoms with Crippen LogP contribution in [0.15, 0.2) is 65.3 Å². The largest absolute Gasteiger partial charge is 0.497 e. The number of benzene rings is 2. The van der Waals surface area contributed by atoms with Gasteiger partial charge >= 0.3 is 0 Å². The summed E-state index contributed by atoms with van der Waals surface area (Å²) in [6.45, 7) is 0.702. The Morgan fingerprint density at radius 1 is 0.885 bits per heavy atom. The van der Waals surface area contributed by atoms with Crippen LogP contribution >= 0.6 is 0 Å². The number of hydrogen-bond donors (Lipinski definition) is 0. The highest BCUT2D eigenvalue weighted by Crippen LogP contribution is 2.44. The molecule has 0 radical (unpaired) electrons. The minimum Gasteiger partial charge on any atom is -0.497 e. The van der Waals surface area contributed by atoms with Gasteiger partial charge in [0.1, 0.15) is 17.6 Å². The second kappa shape index (κ2) is 7.38. The van der Waals surface area contributed by atoms with Crippen molar-refractivity contribution in [2.45, 2.75) is 25.4 Å². The Morgan fingerprint density at radius 3 is 2.19 bits per heavy atom. The number of methoxy groups -OCH3 is 2. The first-order chi connectivity index (χ1) is 12.8. The Labute approximate surface area is 154 Å². The van der Waals surface area contributed by atoms with Gasteiger partial charge in [-0.1, -0.05) is 30.3 Å². The first kappa shape index (κ1) is 16.9. The molecule has 0 fully saturated rings. The molecule has 1 aliphatic carbocycles. The van der Waals surface area contributed by atoms with E-state index in [0.29, 0.717) is 6.61 Å². The third-order valence-electron chi connectivity index (χ3n) is 5.25. The van der Waals surface area contributed by atoms with E-state index in [2.05, 4.69) is 30.3 Å². The number of hydrogen-bond acceptors (Lipinski definition) is 3. The molecule has 2 aromatic rings. The van der Waals surface area contributed by atoms with Crippen molar-refractivity contribution in [1.82, 2.24) is 0 Å². The molecule has 1 aliphatic heterocycles. The van der Waals surface area contributed by atoms with Gasteiger partial charge in [0, 0.05) is 0 Å². The maximum Gasteiger partial charge on any atom is 0.118 e. The van der Waals surface area contributed by atoms with Crippen LogP contribution in [0, 0.1) is 0 Å². The van der Waals surface area contributed by atoms with E-state index in [1.165, 1.54) is 34.3 Å². The Balaban J connectivity index is 1.62. The molecule has 1 atom stereocenters. The molecule has 2 aromatic carbocycles. The van der Waals surface area contributed by atoms with Crippen molar-refractivity contribution in [2.75, 3.05) is 20.8 Å². The molecule has 0 amide bonds. The summed E-state index contributed by atoms with van der Waals surface area (Å²) in [6.07, 6.45) is 5.79. The molecule has 3 heteroatoms. The Kier molecular flexibility index (Phi) is 4.81. The fraction of sp³-hybridized carbons (Fsp3) is 0.304. The van der Waals surface area contributed by atoms with E-state index in [1.54, 1.807) is 14.2 Å². The van der Waals surface area contributed by atoms with E-state index in [-0.39, 0.29) is 6.10 Å². The topological polar surface area (TPSA) is 27.7 Å². The van der Waals surface area contributed by atoms with Crippen LogP contribution in [0.3, 0.4) is 0 Å². The van der Waals surface area contributed by atoms with Gasteiger partial charge in [-0.15, -0.1) is 0 Å². The normalized spacial score (nSPS) is 21.0. The molecule has 0 spiro atoms. The van der Waals surface area contributed by atoms with Crippen LogP contribution < -0.4 is 9.47 Å². The molecular formula is C23H24O3. The SMILES string of the molecule is COc1ccc(C=C2CCCC3=C2COC3c2ccc(OC)cc2)cc1. The van der Waals surface area contributed by atoms with Crippen molar-refractivity contribution in [3.8, 4) is 11.5 Å². The summed E-state index contributed by atoms with van der Waals surface area (Å²) in [6, 6.07) is 16.5. The van der Waals surface area contributed by atoms with Gasteiger partial charge in [0.15, 0.2) is 0 Å². The average molecular weight is 348 g/mol. The summed E-state index contributed by atoms with van der Waals surface area (Å²) >= 11 is 0. The van der Waals surface area contributed by atoms with Crippen LogP contribution in [-0.2, 0) is 4.74 Å². The third kappa shape index (κ3) is 3.27. The summed E-state index contributed by atoms with van der Waals surface area (Å²) in [5.41, 5.74) is 6.67. The molecule has 26 heavy (non-hydrogen) atoms. The highest BCUT2D eigenvalue weighted by molar-refractivity contribution is 5.62. The fourth-order valence-electron chi connectivity index (χ4n) is 3.86. The van der Waals surface area contributed by atoms with Crippen LogP contribution in [0.2, 0.25) is 0 Å². The summed E-state index contributed by atoms with van der Waals surface area (Å²) in [5.74, 6) is 1.77. The van der Waals surface area contributed by atoms with E-state index in [4.69, 9.17) is 14.2 Å². The third-order valence-corrected chi connectivity index (χ3v) is 5.25. The molecule has 4 rings (SSSR count). The van der Waals surface area contributed by atoms with Crippen LogP contribution in [0.4, 0.5) is 0 Å². The number of ether oxygens (including phenoxy) is 3. The zero-order valence-electron chi connectivity index (χ0n) is 15.3. The second-order valence-electron chi connectivity index (χ2n) is 6.76. The summed E-state index contributed by atoms with van der Waals surface area (Å²) in [5, 5.41) is 0. The Hall–Kier alpha value is -2.52. The summed E-state index contributed by atoms with van der Waals surface area (Å²) in [7, 11) is 3.39. The zero-order valence-corrected chi connectivity index (χ0v) is 15.3. The van der Waals surface area contributed by atoms with Gasteiger partial charge in [0.05, 0.1) is 20.8 Å². The highest BCUT2D eigenvalue weighted by atomic mass is 16.5. The van der Waals surface area contributed by atoms with Crippen molar-refractivity contribution in [1.29, 1.82) is 0 Å². The van der Waals surface area contributed by atoms with Gasteiger partial charge in [0.25, 0.3) is 0 Å². The van der Waals surface area contributed by atoms with Crippen molar-refractivity contribution < 1.29 is 14.2 Å². The van der Waals surface area contributed by atoms with E-state index in [1.807, 2.05) is 24.3 Å². The molecule has 1 unspecified atom stereocenters. The van der Waals surface area contributed by atoms with Crippen molar-refractivity contribution in [2.24, 2.45) is 0 Å². The van der Waals surface area contributed by atoms with E-state index in [0.717, 1.165) is 24.3 Å². The van der Waals surface area contributed by atoms with Gasteiger partial charge in [0.2, 0.25) is 0 Å². The molecule has 134 valence electrons. The first-order valence-corrected chi connectivity index (χ1v) is 9.11. The van der Waals surface area contributed by atoms with Crippen molar-refractivity contribution in [3.63, 3.8) is 0 Å². The smallest absolute Gasteiger partial charge is 0.118 e. The molecule has 0 bridgehead atoms. The van der Waals surface area contributed by atoms with Crippen molar-refractivity contribution >= 4 is 6.08 Å². The van der Waals surface area contributed by atoms with Crippen molar-refractivity contribution in [3.05, 3.63) is 76.4 Å². The maximum atomic E-state index is 6.19. The Morgan fingerprint density at radius 2 is 1.54 bits per heavy atom. The number of rotatable bonds is 4. The zero-order chi connectivity index (χ0) is 17.9. The first-order valence-electron chi connectivity index (χ1n) is 9.11. The molecule has 3 nitrogen and oxygen atoms in total. The summed E-state index contributed by atoms with van der Waals surface area (Å²) in [4.78, 5) is 0. The maximum absolute atomic E-state index is 6.19. The van der Waals surface area contributed by atoms with E-state index in [9.17, 15) is 0 Å². The molecule has 0 aromatic heterocycles. The predicted octanol–water partition coefficient (Wildman–Crippen LogP) is 5.34. The average Bonchev–Trinajstić information content (AvgIpc) is 3.14. The molecule has 2 aliphatic rings. The molecule has 0 saturated heterocycles. The Bertz CT molecular complexity index is 829. The summed E-state index contributed by atoms with van der Waals surface area (Å²) < 4.78 is 16.7. The van der Waals surface area contributed by atoms with Gasteiger partial charge in [-0.25, -0.2) is 0 Å². The standard InChI is InChI=1S/C23H24O3/c1-24-19-10-6-16(7-11-19)14-18-4-3-5-21-22(18)15-26-23(21)17-8-12-20(25-2)13-9-17/h6-14,23H,3-5,15H2,1-2H3. The van der Waals surface area contributed by atoms with Gasteiger partial charge < -0.3 is 14.2 Å². The monoisotopic (exact) mass is 348 g/mol. The minimum atomic E-state index is 0.0791. The van der Waals surface area contributed by atoms with Crippen LogP contribution in [0.25, 0.3) is 6.08 Å². The minimum absolute atomic E-state index is 0.0791. The quantitative estimate of drug-likeness (QED) is 0.746. The molecular weight excluding hydrogens is 324 g/mol. The lowest BCUT2D eigenvalue weighted by atomic mass is 9.84. The molecule has 1 heterocycles. The van der Waals surface area contributed by atoms with Gasteiger partial charge in [-0.05, 0) is 71.4 Å². The van der Waals surface area contributed by atoms with Crippen LogP contribution in [0.5, 0.6) is 11.5 Å². The predicted molar refractivity (Wildman–Crippen MR) is 104 cm³/mol. The van der Waals surface area contributed by atoms with Gasteiger partial charge in [-0.3, -0.25) is 0 Å². The van der Waals surface area contributed by atoms with Crippen LogP contribution in [-0.4, -0.2) is 20.8 Å². The van der Waals surface area contributed by atoms with E-state index >= 15 is 0 Å². The highest BCUT2D eigenvalue weighted by Gasteiger charge is 2.31. The fourth-order valence-corrected chi connectivity index (χ4v) is 3.86. The lowest BCUT2D eigenvalue weighted by Gasteiger charge is -2.20. The molecule has 0 N–H and O–H groups in total.